The van der Waals surface area contributed by atoms with Gasteiger partial charge in [-0.25, -0.2) is 4.79 Å². The van der Waals surface area contributed by atoms with E-state index in [1.54, 1.807) is 62.5 Å². The monoisotopic (exact) mass is 377 g/mol. The van der Waals surface area contributed by atoms with Crippen molar-refractivity contribution in [1.82, 2.24) is 5.32 Å². The van der Waals surface area contributed by atoms with E-state index < -0.39 is 29.6 Å². The Morgan fingerprint density at radius 1 is 1.15 bits per heavy atom. The zero-order valence-electron chi connectivity index (χ0n) is 15.2. The largest absolute Gasteiger partial charge is 0.496 e. The average molecular weight is 377 g/mol. The molecule has 26 heavy (non-hydrogen) atoms. The lowest BCUT2D eigenvalue weighted by atomic mass is 9.98. The van der Waals surface area contributed by atoms with Gasteiger partial charge in [-0.2, -0.15) is 0 Å². The van der Waals surface area contributed by atoms with Crippen molar-refractivity contribution >= 4 is 23.2 Å². The summed E-state index contributed by atoms with van der Waals surface area (Å²) in [5, 5.41) is 15.1. The molecule has 0 bridgehead atoms. The van der Waals surface area contributed by atoms with Gasteiger partial charge in [0.05, 0.1) is 12.7 Å². The van der Waals surface area contributed by atoms with Crippen molar-refractivity contribution in [2.45, 2.75) is 38.5 Å². The van der Waals surface area contributed by atoms with Gasteiger partial charge in [-0.15, -0.1) is 11.3 Å². The Balaban J connectivity index is 2.27. The number of carbonyl (C=O) groups excluding carboxylic acids is 2. The fraction of sp³-hybridized carbons (Fsp3) is 0.368. The van der Waals surface area contributed by atoms with Crippen LogP contribution in [0.25, 0.3) is 0 Å². The number of para-hydroxylation sites is 1. The summed E-state index contributed by atoms with van der Waals surface area (Å²) in [5.74, 6) is -0.185. The van der Waals surface area contributed by atoms with E-state index in [0.717, 1.165) is 0 Å². The summed E-state index contributed by atoms with van der Waals surface area (Å²) in [6, 6.07) is 9.23. The molecule has 2 aromatic rings. The molecule has 0 saturated heterocycles. The van der Waals surface area contributed by atoms with Crippen LogP contribution in [0.5, 0.6) is 5.75 Å². The topological polar surface area (TPSA) is 84.9 Å². The second-order valence-electron chi connectivity index (χ2n) is 6.65. The van der Waals surface area contributed by atoms with E-state index in [1.165, 1.54) is 18.4 Å². The van der Waals surface area contributed by atoms with Gasteiger partial charge in [0.1, 0.15) is 23.5 Å². The maximum atomic E-state index is 12.8. The zero-order chi connectivity index (χ0) is 19.3. The van der Waals surface area contributed by atoms with E-state index in [4.69, 9.17) is 9.47 Å². The van der Waals surface area contributed by atoms with Crippen LogP contribution >= 0.6 is 11.3 Å². The van der Waals surface area contributed by atoms with E-state index in [0.29, 0.717) is 10.6 Å². The minimum absolute atomic E-state index is 0.245. The molecule has 1 aromatic heterocycles. The summed E-state index contributed by atoms with van der Waals surface area (Å²) in [5.41, 5.74) is -0.447. The molecule has 0 spiro atoms. The molecular formula is C19H23NO5S. The molecule has 0 aliphatic heterocycles. The van der Waals surface area contributed by atoms with Gasteiger partial charge in [-0.05, 0) is 44.4 Å². The van der Waals surface area contributed by atoms with Gasteiger partial charge in [-0.1, -0.05) is 18.2 Å². The van der Waals surface area contributed by atoms with Gasteiger partial charge in [-0.3, -0.25) is 4.79 Å². The first kappa shape index (κ1) is 19.9. The number of ether oxygens (including phenoxy) is 2. The third-order valence-corrected chi connectivity index (χ3v) is 4.43. The minimum atomic E-state index is -1.49. The lowest BCUT2D eigenvalue weighted by Gasteiger charge is -2.25. The second-order valence-corrected chi connectivity index (χ2v) is 7.63. The number of hydrogen-bond donors (Lipinski definition) is 2. The molecule has 0 aliphatic carbocycles. The lowest BCUT2D eigenvalue weighted by Crippen LogP contribution is -2.42. The molecule has 0 fully saturated rings. The molecule has 2 N–H and O–H groups in total. The Morgan fingerprint density at radius 3 is 2.42 bits per heavy atom. The van der Waals surface area contributed by atoms with Crippen molar-refractivity contribution in [2.24, 2.45) is 0 Å². The van der Waals surface area contributed by atoms with Crippen LogP contribution in [0.4, 0.5) is 4.79 Å². The normalized spacial score (nSPS) is 13.6. The van der Waals surface area contributed by atoms with Crippen LogP contribution < -0.4 is 10.1 Å². The summed E-state index contributed by atoms with van der Waals surface area (Å²) in [7, 11) is 1.45. The number of benzene rings is 1. The average Bonchev–Trinajstić information content (AvgIpc) is 3.11. The van der Waals surface area contributed by atoms with Crippen LogP contribution in [0.2, 0.25) is 0 Å². The van der Waals surface area contributed by atoms with Gasteiger partial charge in [0.25, 0.3) is 0 Å². The van der Waals surface area contributed by atoms with Crippen LogP contribution in [0.3, 0.4) is 0 Å². The zero-order valence-corrected chi connectivity index (χ0v) is 16.0. The fourth-order valence-electron chi connectivity index (χ4n) is 2.37. The van der Waals surface area contributed by atoms with Crippen molar-refractivity contribution in [3.63, 3.8) is 0 Å². The van der Waals surface area contributed by atoms with Gasteiger partial charge >= 0.3 is 6.09 Å². The number of thiophene rings is 1. The molecule has 1 heterocycles. The first-order valence-electron chi connectivity index (χ1n) is 8.11. The van der Waals surface area contributed by atoms with E-state index in [9.17, 15) is 14.7 Å². The summed E-state index contributed by atoms with van der Waals surface area (Å²) in [6.45, 7) is 5.22. The number of nitrogens with one attached hydrogen (secondary N) is 1. The molecule has 0 aliphatic rings. The van der Waals surface area contributed by atoms with E-state index in [-0.39, 0.29) is 5.56 Å². The molecule has 0 radical (unpaired) electrons. The molecular weight excluding hydrogens is 354 g/mol. The fourth-order valence-corrected chi connectivity index (χ4v) is 3.17. The smallest absolute Gasteiger partial charge is 0.408 e. The lowest BCUT2D eigenvalue weighted by molar-refractivity contribution is 0.0410. The third-order valence-electron chi connectivity index (χ3n) is 3.48. The van der Waals surface area contributed by atoms with E-state index in [2.05, 4.69) is 5.32 Å². The van der Waals surface area contributed by atoms with E-state index >= 15 is 0 Å². The molecule has 0 unspecified atom stereocenters. The summed E-state index contributed by atoms with van der Waals surface area (Å²) in [4.78, 5) is 25.6. The number of aliphatic hydroxyl groups excluding tert-OH is 1. The minimum Gasteiger partial charge on any atom is -0.496 e. The third kappa shape index (κ3) is 5.06. The molecule has 2 atom stereocenters. The number of amides is 1. The summed E-state index contributed by atoms with van der Waals surface area (Å²) in [6.07, 6.45) is -2.19. The number of alkyl carbamates (subject to hydrolysis) is 1. The van der Waals surface area contributed by atoms with Crippen molar-refractivity contribution in [2.75, 3.05) is 7.11 Å². The van der Waals surface area contributed by atoms with Crippen molar-refractivity contribution < 1.29 is 24.2 Å². The first-order chi connectivity index (χ1) is 12.2. The molecule has 140 valence electrons. The van der Waals surface area contributed by atoms with Crippen LogP contribution in [0, 0.1) is 0 Å². The Kier molecular flexibility index (Phi) is 6.39. The molecule has 6 nitrogen and oxygen atoms in total. The highest BCUT2D eigenvalue weighted by Gasteiger charge is 2.33. The molecule has 1 aromatic carbocycles. The number of methoxy groups -OCH3 is 1. The quantitative estimate of drug-likeness (QED) is 0.752. The highest BCUT2D eigenvalue weighted by atomic mass is 32.1. The van der Waals surface area contributed by atoms with Crippen LogP contribution in [0.15, 0.2) is 41.8 Å². The number of carbonyl (C=O) groups is 2. The first-order valence-corrected chi connectivity index (χ1v) is 8.99. The maximum absolute atomic E-state index is 12.8. The van der Waals surface area contributed by atoms with Crippen molar-refractivity contribution in [3.05, 3.63) is 52.2 Å². The van der Waals surface area contributed by atoms with E-state index in [1.807, 2.05) is 0 Å². The molecule has 7 heteroatoms. The highest BCUT2D eigenvalue weighted by Crippen LogP contribution is 2.27. The number of hydrogen-bond acceptors (Lipinski definition) is 6. The second kappa shape index (κ2) is 8.33. The Labute approximate surface area is 156 Å². The SMILES string of the molecule is COc1ccccc1C(=O)[C@H](O)[C@@H](NC(=O)OC(C)(C)C)c1cccs1. The number of aliphatic hydroxyl groups is 1. The number of rotatable bonds is 6. The van der Waals surface area contributed by atoms with Gasteiger partial charge in [0, 0.05) is 4.88 Å². The van der Waals surface area contributed by atoms with Crippen LogP contribution in [0.1, 0.15) is 42.0 Å². The van der Waals surface area contributed by atoms with Crippen molar-refractivity contribution in [1.29, 1.82) is 0 Å². The molecule has 2 rings (SSSR count). The van der Waals surface area contributed by atoms with Gasteiger partial charge in [0.2, 0.25) is 0 Å². The van der Waals surface area contributed by atoms with Crippen molar-refractivity contribution in [3.8, 4) is 5.75 Å². The highest BCUT2D eigenvalue weighted by molar-refractivity contribution is 7.10. The number of ketones is 1. The predicted molar refractivity (Wildman–Crippen MR) is 99.8 cm³/mol. The maximum Gasteiger partial charge on any atom is 0.408 e. The predicted octanol–water partition coefficient (Wildman–Crippen LogP) is 3.57. The Hall–Kier alpha value is -2.38. The summed E-state index contributed by atoms with van der Waals surface area (Å²) < 4.78 is 10.4. The van der Waals surface area contributed by atoms with Gasteiger partial charge < -0.3 is 19.9 Å². The van der Waals surface area contributed by atoms with Gasteiger partial charge in [0.15, 0.2) is 5.78 Å². The van der Waals surface area contributed by atoms with Crippen LogP contribution in [-0.2, 0) is 4.74 Å². The van der Waals surface area contributed by atoms with Crippen LogP contribution in [-0.4, -0.2) is 35.8 Å². The Morgan fingerprint density at radius 2 is 1.85 bits per heavy atom. The Bertz CT molecular complexity index is 752. The molecule has 0 saturated carbocycles. The molecule has 1 amide bonds. The standard InChI is InChI=1S/C19H23NO5S/c1-19(2,3)25-18(23)20-15(14-10-7-11-26-14)17(22)16(21)12-8-5-6-9-13(12)24-4/h5-11,15,17,22H,1-4H3,(H,20,23)/t15-,17+/m0/s1. The summed E-state index contributed by atoms with van der Waals surface area (Å²) >= 11 is 1.33. The number of Topliss-reactive ketones (excluding diaryl/α,β-unsaturated/α-hetero) is 1.